The summed E-state index contributed by atoms with van der Waals surface area (Å²) in [6.45, 7) is 0. The van der Waals surface area contributed by atoms with E-state index in [2.05, 4.69) is 5.38 Å². The molecule has 0 radical (unpaired) electrons. The van der Waals surface area contributed by atoms with Gasteiger partial charge in [-0.05, 0) is 22.4 Å². The molecule has 2 nitrogen and oxygen atoms in total. The molecule has 0 atom stereocenters. The Kier molecular flexibility index (Phi) is 3.66. The minimum atomic E-state index is -3.25. The molecule has 106 valence electrons. The molecule has 2 aromatic carbocycles. The van der Waals surface area contributed by atoms with Crippen molar-refractivity contribution in [1.82, 2.24) is 0 Å². The Morgan fingerprint density at radius 2 is 1.38 bits per heavy atom. The minimum absolute atomic E-state index is 0.376. The van der Waals surface area contributed by atoms with Crippen molar-refractivity contribution >= 4 is 21.2 Å². The Balaban J connectivity index is 2.23. The smallest absolute Gasteiger partial charge is 0.176 e. The predicted octanol–water partition coefficient (Wildman–Crippen LogP) is 4.49. The highest BCUT2D eigenvalue weighted by molar-refractivity contribution is 7.90. The van der Waals surface area contributed by atoms with Crippen molar-refractivity contribution in [3.8, 4) is 22.3 Å². The molecule has 0 saturated heterocycles. The Labute approximate surface area is 128 Å². The van der Waals surface area contributed by atoms with Gasteiger partial charge in [0.15, 0.2) is 9.84 Å². The standard InChI is InChI=1S/C17H14O2S2/c1-21(18,19)17-10-6-5-9-14(17)16-12-20-11-15(16)13-7-3-2-4-8-13/h2-12H,1H3. The average Bonchev–Trinajstić information content (AvgIpc) is 2.96. The second-order valence-corrected chi connectivity index (χ2v) is 7.56. The highest BCUT2D eigenvalue weighted by atomic mass is 32.2. The molecule has 0 bridgehead atoms. The Morgan fingerprint density at radius 3 is 2.10 bits per heavy atom. The van der Waals surface area contributed by atoms with E-state index in [0.717, 1.165) is 22.3 Å². The van der Waals surface area contributed by atoms with Crippen molar-refractivity contribution < 1.29 is 8.42 Å². The van der Waals surface area contributed by atoms with Gasteiger partial charge in [-0.15, -0.1) is 0 Å². The predicted molar refractivity (Wildman–Crippen MR) is 88.3 cm³/mol. The Bertz CT molecular complexity index is 863. The average molecular weight is 314 g/mol. The van der Waals surface area contributed by atoms with E-state index in [1.807, 2.05) is 47.8 Å². The van der Waals surface area contributed by atoms with Crippen molar-refractivity contribution in [2.24, 2.45) is 0 Å². The van der Waals surface area contributed by atoms with Crippen LogP contribution in [0.3, 0.4) is 0 Å². The lowest BCUT2D eigenvalue weighted by atomic mass is 9.99. The summed E-state index contributed by atoms with van der Waals surface area (Å²) >= 11 is 1.58. The van der Waals surface area contributed by atoms with Gasteiger partial charge in [-0.3, -0.25) is 0 Å². The van der Waals surface area contributed by atoms with Gasteiger partial charge in [-0.2, -0.15) is 11.3 Å². The molecule has 0 aliphatic heterocycles. The van der Waals surface area contributed by atoms with Crippen molar-refractivity contribution in [3.63, 3.8) is 0 Å². The number of benzene rings is 2. The first-order chi connectivity index (χ1) is 10.1. The highest BCUT2D eigenvalue weighted by Crippen LogP contribution is 2.38. The molecule has 4 heteroatoms. The summed E-state index contributed by atoms with van der Waals surface area (Å²) < 4.78 is 24.0. The number of sulfone groups is 1. The van der Waals surface area contributed by atoms with Gasteiger partial charge in [-0.25, -0.2) is 8.42 Å². The van der Waals surface area contributed by atoms with Gasteiger partial charge in [0.2, 0.25) is 0 Å². The van der Waals surface area contributed by atoms with Crippen LogP contribution in [0.15, 0.2) is 70.3 Å². The quantitative estimate of drug-likeness (QED) is 0.714. The molecule has 0 unspecified atom stereocenters. The van der Waals surface area contributed by atoms with Gasteiger partial charge in [0, 0.05) is 22.9 Å². The summed E-state index contributed by atoms with van der Waals surface area (Å²) in [6, 6.07) is 17.2. The van der Waals surface area contributed by atoms with Crippen LogP contribution in [0.1, 0.15) is 0 Å². The third-order valence-electron chi connectivity index (χ3n) is 3.32. The molecule has 0 aliphatic carbocycles. The Hall–Kier alpha value is -1.91. The maximum atomic E-state index is 12.0. The first-order valence-corrected chi connectivity index (χ1v) is 9.32. The van der Waals surface area contributed by atoms with Crippen LogP contribution in [0.25, 0.3) is 22.3 Å². The molecule has 0 N–H and O–H groups in total. The monoisotopic (exact) mass is 314 g/mol. The van der Waals surface area contributed by atoms with Crippen LogP contribution in [0.4, 0.5) is 0 Å². The number of thiophene rings is 1. The maximum absolute atomic E-state index is 12.0. The van der Waals surface area contributed by atoms with Crippen molar-refractivity contribution in [3.05, 3.63) is 65.4 Å². The molecule has 0 saturated carbocycles. The zero-order chi connectivity index (χ0) is 14.9. The van der Waals surface area contributed by atoms with Crippen molar-refractivity contribution in [2.45, 2.75) is 4.90 Å². The number of hydrogen-bond acceptors (Lipinski definition) is 3. The van der Waals surface area contributed by atoms with Crippen LogP contribution in [0.2, 0.25) is 0 Å². The lowest BCUT2D eigenvalue weighted by molar-refractivity contribution is 0.602. The third-order valence-corrected chi connectivity index (χ3v) is 5.22. The van der Waals surface area contributed by atoms with Gasteiger partial charge < -0.3 is 0 Å². The van der Waals surface area contributed by atoms with Crippen LogP contribution >= 0.6 is 11.3 Å². The van der Waals surface area contributed by atoms with E-state index < -0.39 is 9.84 Å². The zero-order valence-electron chi connectivity index (χ0n) is 11.5. The summed E-state index contributed by atoms with van der Waals surface area (Å²) in [5.41, 5.74) is 3.89. The number of hydrogen-bond donors (Lipinski definition) is 0. The molecule has 0 spiro atoms. The first-order valence-electron chi connectivity index (χ1n) is 6.48. The maximum Gasteiger partial charge on any atom is 0.176 e. The summed E-state index contributed by atoms with van der Waals surface area (Å²) in [5.74, 6) is 0. The minimum Gasteiger partial charge on any atom is -0.224 e. The van der Waals surface area contributed by atoms with Gasteiger partial charge in [0.05, 0.1) is 4.90 Å². The van der Waals surface area contributed by atoms with Crippen molar-refractivity contribution in [1.29, 1.82) is 0 Å². The van der Waals surface area contributed by atoms with Crippen LogP contribution in [-0.2, 0) is 9.84 Å². The molecule has 0 amide bonds. The molecule has 3 aromatic rings. The van der Waals surface area contributed by atoms with Crippen LogP contribution in [0, 0.1) is 0 Å². The van der Waals surface area contributed by atoms with E-state index in [0.29, 0.717) is 4.90 Å². The lowest BCUT2D eigenvalue weighted by Gasteiger charge is -2.09. The zero-order valence-corrected chi connectivity index (χ0v) is 13.1. The molecular weight excluding hydrogens is 300 g/mol. The summed E-state index contributed by atoms with van der Waals surface area (Å²) in [4.78, 5) is 0.376. The molecular formula is C17H14O2S2. The van der Waals surface area contributed by atoms with Gasteiger partial charge in [0.25, 0.3) is 0 Å². The van der Waals surface area contributed by atoms with Gasteiger partial charge in [-0.1, -0.05) is 48.5 Å². The van der Waals surface area contributed by atoms with E-state index in [1.165, 1.54) is 6.26 Å². The molecule has 0 fully saturated rings. The first kappa shape index (κ1) is 14.0. The van der Waals surface area contributed by atoms with E-state index in [1.54, 1.807) is 23.5 Å². The Morgan fingerprint density at radius 1 is 0.762 bits per heavy atom. The fourth-order valence-electron chi connectivity index (χ4n) is 2.36. The normalized spacial score (nSPS) is 11.5. The second kappa shape index (κ2) is 5.47. The topological polar surface area (TPSA) is 34.1 Å². The van der Waals surface area contributed by atoms with Crippen molar-refractivity contribution in [2.75, 3.05) is 6.26 Å². The van der Waals surface area contributed by atoms with Gasteiger partial charge >= 0.3 is 0 Å². The number of rotatable bonds is 3. The molecule has 21 heavy (non-hydrogen) atoms. The van der Waals surface area contributed by atoms with Crippen LogP contribution in [-0.4, -0.2) is 14.7 Å². The lowest BCUT2D eigenvalue weighted by Crippen LogP contribution is -1.99. The summed E-state index contributed by atoms with van der Waals surface area (Å²) in [7, 11) is -3.25. The second-order valence-electron chi connectivity index (χ2n) is 4.83. The largest absolute Gasteiger partial charge is 0.224 e. The van der Waals surface area contributed by atoms with Crippen LogP contribution < -0.4 is 0 Å². The van der Waals surface area contributed by atoms with Gasteiger partial charge in [0.1, 0.15) is 0 Å². The molecule has 0 aliphatic rings. The third kappa shape index (κ3) is 2.77. The fourth-order valence-corrected chi connectivity index (χ4v) is 4.12. The molecule has 3 rings (SSSR count). The highest BCUT2D eigenvalue weighted by Gasteiger charge is 2.17. The SMILES string of the molecule is CS(=O)(=O)c1ccccc1-c1cscc1-c1ccccc1. The van der Waals surface area contributed by atoms with Crippen LogP contribution in [0.5, 0.6) is 0 Å². The summed E-state index contributed by atoms with van der Waals surface area (Å²) in [6.07, 6.45) is 1.25. The van der Waals surface area contributed by atoms with E-state index in [4.69, 9.17) is 0 Å². The van der Waals surface area contributed by atoms with E-state index in [9.17, 15) is 8.42 Å². The summed E-state index contributed by atoms with van der Waals surface area (Å²) in [5, 5.41) is 4.07. The molecule has 1 aromatic heterocycles. The molecule has 1 heterocycles. The van der Waals surface area contributed by atoms with E-state index >= 15 is 0 Å². The fraction of sp³-hybridized carbons (Fsp3) is 0.0588. The van der Waals surface area contributed by atoms with E-state index in [-0.39, 0.29) is 0 Å².